The van der Waals surface area contributed by atoms with Crippen LogP contribution in [-0.2, 0) is 37.9 Å². The van der Waals surface area contributed by atoms with Crippen LogP contribution in [0.25, 0.3) is 0 Å². The standard InChI is InChI=1S/4C14H23N3O3S/c1-5-19-8-12-20-11(9-21-12)17-7-6-10(15-13(17)18)16-14(2,3)4;1-4-15-11-5-6-17(14(18)16-11)12-9-21-13(20-12)8-19-7-10(2)3;1-3-6-15-11-5-7-17(14(18)16-11)12-10-21-13(20-12)9-19-8-4-2;1-3-5-8-19-9-13-20-12(10-21-13)17-7-6-11(15-4-2)16-14(17)18/h6-7,11-12H,5,8-9H2,1-4H3,(H,15,16,18);5-6,10,12-13H,4,7-9H2,1-3H3,(H,15,16,18);5,7,12-13H,3-4,6,8-10H2,1-2H3,(H,15,16,18);6-7,12-13H,3-5,8-10H2,1-2H3,(H,15,16,18)/t11-,12+;3*12-,13+/m1111/s1. The summed E-state index contributed by atoms with van der Waals surface area (Å²) in [5.74, 6) is 5.85. The lowest BCUT2D eigenvalue weighted by Gasteiger charge is -2.21. The summed E-state index contributed by atoms with van der Waals surface area (Å²) in [5, 5.41) is 12.3. The molecule has 0 aliphatic carbocycles. The second kappa shape index (κ2) is 38.2. The van der Waals surface area contributed by atoms with Gasteiger partial charge in [0.15, 0.2) is 0 Å². The van der Waals surface area contributed by atoms with Gasteiger partial charge in [-0.3, -0.25) is 18.3 Å². The number of hydrogen-bond donors (Lipinski definition) is 4. The molecule has 4 aromatic heterocycles. The van der Waals surface area contributed by atoms with Crippen LogP contribution in [0.3, 0.4) is 0 Å². The topological polar surface area (TPSA) is 262 Å². The minimum atomic E-state index is -0.299. The number of ether oxygens (including phenoxy) is 8. The van der Waals surface area contributed by atoms with Gasteiger partial charge in [-0.25, -0.2) is 19.2 Å². The molecular weight excluding hydrogens is 1160 g/mol. The van der Waals surface area contributed by atoms with Crippen molar-refractivity contribution in [2.45, 2.75) is 154 Å². The first-order valence-electron chi connectivity index (χ1n) is 29.2. The third-order valence-electron chi connectivity index (χ3n) is 11.9. The molecule has 0 radical (unpaired) electrons. The summed E-state index contributed by atoms with van der Waals surface area (Å²) in [5.41, 5.74) is -1.34. The molecule has 0 unspecified atom stereocenters. The van der Waals surface area contributed by atoms with Crippen molar-refractivity contribution in [3.63, 3.8) is 0 Å². The average molecular weight is 1250 g/mol. The molecule has 4 N–H and O–H groups in total. The Morgan fingerprint density at radius 3 is 1.23 bits per heavy atom. The third-order valence-corrected chi connectivity index (χ3v) is 16.3. The van der Waals surface area contributed by atoms with E-state index in [1.54, 1.807) is 99.2 Å². The predicted octanol–water partition coefficient (Wildman–Crippen LogP) is 8.17. The normalized spacial score (nSPS) is 21.9. The zero-order valence-electron chi connectivity index (χ0n) is 50.9. The van der Waals surface area contributed by atoms with E-state index < -0.39 is 0 Å². The lowest BCUT2D eigenvalue weighted by atomic mass is 10.1. The second-order valence-corrected chi connectivity index (χ2v) is 25.7. The van der Waals surface area contributed by atoms with Crippen LogP contribution in [0.1, 0.15) is 127 Å². The van der Waals surface area contributed by atoms with Crippen molar-refractivity contribution in [2.75, 3.05) is 117 Å². The number of nitrogens with one attached hydrogen (secondary N) is 4. The van der Waals surface area contributed by atoms with Crippen LogP contribution in [0.4, 0.5) is 23.3 Å². The fourth-order valence-corrected chi connectivity index (χ4v) is 12.0. The van der Waals surface area contributed by atoms with Gasteiger partial charge in [-0.15, -0.1) is 47.0 Å². The smallest absolute Gasteiger partial charge is 0.351 e. The molecule has 0 amide bonds. The summed E-state index contributed by atoms with van der Waals surface area (Å²) in [6.07, 6.45) is 10.1. The zero-order chi connectivity index (χ0) is 60.9. The lowest BCUT2D eigenvalue weighted by Crippen LogP contribution is -2.32. The maximum absolute atomic E-state index is 12.1. The molecule has 8 atom stereocenters. The molecule has 24 nitrogen and oxygen atoms in total. The first kappa shape index (κ1) is 70.6. The molecule has 472 valence electrons. The Bertz CT molecular complexity index is 2750. The van der Waals surface area contributed by atoms with Gasteiger partial charge in [-0.2, -0.15) is 19.9 Å². The molecule has 8 heterocycles. The molecule has 4 fully saturated rings. The van der Waals surface area contributed by atoms with E-state index in [-0.39, 0.29) is 75.0 Å². The first-order valence-corrected chi connectivity index (χ1v) is 33.4. The number of anilines is 4. The third kappa shape index (κ3) is 24.9. The van der Waals surface area contributed by atoms with Crippen LogP contribution < -0.4 is 44.0 Å². The zero-order valence-corrected chi connectivity index (χ0v) is 54.1. The highest BCUT2D eigenvalue weighted by Gasteiger charge is 2.32. The summed E-state index contributed by atoms with van der Waals surface area (Å²) in [6.45, 7) is 29.9. The van der Waals surface area contributed by atoms with Crippen LogP contribution in [0.5, 0.6) is 0 Å². The summed E-state index contributed by atoms with van der Waals surface area (Å²) in [4.78, 5) is 64.3. The van der Waals surface area contributed by atoms with Gasteiger partial charge >= 0.3 is 22.8 Å². The fourth-order valence-electron chi connectivity index (χ4n) is 7.96. The Kier molecular flexibility index (Phi) is 32.1. The number of nitrogens with zero attached hydrogens (tertiary/aromatic N) is 8. The Morgan fingerprint density at radius 1 is 0.512 bits per heavy atom. The Labute approximate surface area is 511 Å². The molecule has 4 aliphatic rings. The van der Waals surface area contributed by atoms with Crippen LogP contribution >= 0.6 is 47.0 Å². The predicted molar refractivity (Wildman–Crippen MR) is 339 cm³/mol. The molecule has 8 rings (SSSR count). The first-order chi connectivity index (χ1) is 40.5. The summed E-state index contributed by atoms with van der Waals surface area (Å²) < 4.78 is 51.5. The number of unbranched alkanes of at least 4 members (excludes halogenated alkanes) is 1. The largest absolute Gasteiger partial charge is 0.378 e. The molecule has 4 saturated heterocycles. The van der Waals surface area contributed by atoms with E-state index in [0.717, 1.165) is 88.1 Å². The van der Waals surface area contributed by atoms with Crippen LogP contribution in [-0.4, -0.2) is 161 Å². The molecule has 0 bridgehead atoms. The van der Waals surface area contributed by atoms with Crippen molar-refractivity contribution in [1.29, 1.82) is 0 Å². The number of aromatic nitrogens is 8. The highest BCUT2D eigenvalue weighted by Crippen LogP contribution is 2.34. The van der Waals surface area contributed by atoms with E-state index in [9.17, 15) is 19.2 Å². The van der Waals surface area contributed by atoms with E-state index >= 15 is 0 Å². The average Bonchev–Trinajstić information content (AvgIpc) is 4.32. The van der Waals surface area contributed by atoms with Crippen LogP contribution in [0, 0.1) is 5.92 Å². The number of hydrogen-bond acceptors (Lipinski definition) is 24. The minimum absolute atomic E-state index is 0.00722. The maximum Gasteiger partial charge on any atom is 0.351 e. The number of rotatable bonds is 28. The van der Waals surface area contributed by atoms with Crippen molar-refractivity contribution in [2.24, 2.45) is 5.92 Å². The van der Waals surface area contributed by atoms with E-state index in [1.165, 1.54) is 9.13 Å². The fraction of sp³-hybridized carbons (Fsp3) is 0.714. The highest BCUT2D eigenvalue weighted by atomic mass is 32.2. The molecule has 28 heteroatoms. The second-order valence-electron chi connectivity index (χ2n) is 20.9. The molecular formula is C56H92N12O12S4. The van der Waals surface area contributed by atoms with E-state index in [0.29, 0.717) is 62.2 Å². The Balaban J connectivity index is 0.000000205. The molecule has 0 saturated carbocycles. The highest BCUT2D eigenvalue weighted by molar-refractivity contribution is 8.00. The van der Waals surface area contributed by atoms with E-state index in [4.69, 9.17) is 37.9 Å². The van der Waals surface area contributed by atoms with Gasteiger partial charge in [0.2, 0.25) is 0 Å². The van der Waals surface area contributed by atoms with Gasteiger partial charge in [-0.05, 0) is 91.0 Å². The van der Waals surface area contributed by atoms with Crippen molar-refractivity contribution < 1.29 is 37.9 Å². The molecule has 4 aliphatic heterocycles. The molecule has 4 aromatic rings. The minimum Gasteiger partial charge on any atom is -0.378 e. The van der Waals surface area contributed by atoms with Gasteiger partial charge in [0.25, 0.3) is 0 Å². The Morgan fingerprint density at radius 2 is 0.881 bits per heavy atom. The molecule has 0 aromatic carbocycles. The van der Waals surface area contributed by atoms with Crippen molar-refractivity contribution >= 4 is 70.3 Å². The van der Waals surface area contributed by atoms with Gasteiger partial charge < -0.3 is 59.2 Å². The summed E-state index contributed by atoms with van der Waals surface area (Å²) in [7, 11) is 0. The van der Waals surface area contributed by atoms with E-state index in [2.05, 4.69) is 75.8 Å². The molecule has 0 spiro atoms. The van der Waals surface area contributed by atoms with Crippen molar-refractivity contribution in [1.82, 2.24) is 38.2 Å². The lowest BCUT2D eigenvalue weighted by molar-refractivity contribution is -0.0286. The molecule has 84 heavy (non-hydrogen) atoms. The van der Waals surface area contributed by atoms with Crippen molar-refractivity contribution in [3.05, 3.63) is 91.0 Å². The summed E-state index contributed by atoms with van der Waals surface area (Å²) >= 11 is 6.68. The van der Waals surface area contributed by atoms with Gasteiger partial charge in [0.05, 0.1) is 26.4 Å². The Hall–Kier alpha value is -4.20. The van der Waals surface area contributed by atoms with Gasteiger partial charge in [0, 0.05) is 99.4 Å². The monoisotopic (exact) mass is 1250 g/mol. The van der Waals surface area contributed by atoms with Crippen LogP contribution in [0.2, 0.25) is 0 Å². The van der Waals surface area contributed by atoms with Gasteiger partial charge in [0.1, 0.15) is 69.9 Å². The van der Waals surface area contributed by atoms with Crippen LogP contribution in [0.15, 0.2) is 68.2 Å². The SMILES string of the molecule is CCCCOC[C@H]1O[C@@H](n2ccc(NCC)nc2=O)CS1.CCCNc1ccn([C@H]2CS[C@@H](COCCC)O2)c(=O)n1.CCNc1ccn([C@H]2CS[C@@H](COCC(C)C)O2)c(=O)n1.CCOC[C@H]1O[C@@H](n2ccc(NC(C)(C)C)nc2=O)CS1. The summed E-state index contributed by atoms with van der Waals surface area (Å²) in [6, 6.07) is 7.20. The quantitative estimate of drug-likeness (QED) is 0.0391. The maximum atomic E-state index is 12.1. The van der Waals surface area contributed by atoms with Gasteiger partial charge in [-0.1, -0.05) is 41.0 Å². The number of thioether (sulfide) groups is 4. The van der Waals surface area contributed by atoms with Crippen molar-refractivity contribution in [3.8, 4) is 0 Å². The van der Waals surface area contributed by atoms with E-state index in [1.807, 2.05) is 47.6 Å².